The van der Waals surface area contributed by atoms with Crippen molar-refractivity contribution in [1.29, 1.82) is 0 Å². The van der Waals surface area contributed by atoms with Gasteiger partial charge in [-0.2, -0.15) is 0 Å². The summed E-state index contributed by atoms with van der Waals surface area (Å²) >= 11 is 1.63. The van der Waals surface area contributed by atoms with Crippen LogP contribution in [0.15, 0.2) is 106 Å². The van der Waals surface area contributed by atoms with Crippen LogP contribution in [0.5, 0.6) is 0 Å². The number of aromatic nitrogens is 1. The van der Waals surface area contributed by atoms with Gasteiger partial charge in [0.15, 0.2) is 10.8 Å². The van der Waals surface area contributed by atoms with Gasteiger partial charge in [-0.05, 0) is 121 Å². The molecule has 1 fully saturated rings. The molecular weight excluding hydrogens is 669 g/mol. The fourth-order valence-electron chi connectivity index (χ4n) is 8.46. The lowest BCUT2D eigenvalue weighted by Crippen LogP contribution is -2.54. The van der Waals surface area contributed by atoms with Crippen LogP contribution in [0.25, 0.3) is 5.70 Å². The SMILES string of the molecule is C=C(C)C1=CN2C(=CC1=C)c1cc(CC)c(CCCCN3CCN(CC4=C(C(=C)CC)CN=C(c5nccs5)N4)CC3C(=C)C)cc1CC2C(C)(C)C. The average Bonchev–Trinajstić information content (AvgIpc) is 3.67. The summed E-state index contributed by atoms with van der Waals surface area (Å²) in [7, 11) is 0. The summed E-state index contributed by atoms with van der Waals surface area (Å²) in [6.07, 6.45) is 13.0. The summed E-state index contributed by atoms with van der Waals surface area (Å²) in [5, 5.41) is 6.62. The highest BCUT2D eigenvalue weighted by Crippen LogP contribution is 2.44. The minimum atomic E-state index is 0.120. The standard InChI is InChI=1S/C46H62N6S/c1-12-32(7)38-26-48-44(45-47-17-21-53-45)49-40(38)28-50-19-20-51(42(29-50)31(5)6)18-15-14-16-35-23-36-25-43(46(9,10)11)52-27-39(30(3)4)33(8)22-41(52)37(36)24-34(35)13-2/h17,21-24,27,42-43H,3,5,7-8,12-16,18-20,25-26,28-29H2,1-2,4,6,9-11H3,(H,48,49). The smallest absolute Gasteiger partial charge is 0.162 e. The van der Waals surface area contributed by atoms with Crippen LogP contribution in [0, 0.1) is 5.41 Å². The Morgan fingerprint density at radius 2 is 1.85 bits per heavy atom. The second-order valence-corrected chi connectivity index (χ2v) is 17.5. The number of hydrogen-bond acceptors (Lipinski definition) is 7. The fraction of sp³-hybridized carbons (Fsp3) is 0.478. The first-order valence-corrected chi connectivity index (χ1v) is 20.6. The van der Waals surface area contributed by atoms with Gasteiger partial charge in [0.25, 0.3) is 0 Å². The molecule has 2 atom stereocenters. The maximum absolute atomic E-state index is 4.84. The molecule has 0 bridgehead atoms. The van der Waals surface area contributed by atoms with Crippen molar-refractivity contribution in [3.05, 3.63) is 129 Å². The van der Waals surface area contributed by atoms with Crippen LogP contribution < -0.4 is 5.32 Å². The molecule has 0 spiro atoms. The van der Waals surface area contributed by atoms with E-state index in [1.807, 2.05) is 11.6 Å². The topological polar surface area (TPSA) is 47.0 Å². The van der Waals surface area contributed by atoms with Gasteiger partial charge in [-0.15, -0.1) is 11.3 Å². The van der Waals surface area contributed by atoms with Crippen LogP contribution in [0.3, 0.4) is 0 Å². The predicted molar refractivity (Wildman–Crippen MR) is 227 cm³/mol. The number of allylic oxidation sites excluding steroid dienone is 4. The zero-order valence-corrected chi connectivity index (χ0v) is 34.4. The molecule has 0 aliphatic carbocycles. The third-order valence-electron chi connectivity index (χ3n) is 11.7. The van der Waals surface area contributed by atoms with Crippen molar-refractivity contribution < 1.29 is 0 Å². The van der Waals surface area contributed by atoms with E-state index in [4.69, 9.17) is 4.99 Å². The highest BCUT2D eigenvalue weighted by molar-refractivity contribution is 7.11. The Kier molecular flexibility index (Phi) is 12.0. The number of unbranched alkanes of at least 4 members (excludes halogenated alkanes) is 1. The van der Waals surface area contributed by atoms with Gasteiger partial charge >= 0.3 is 0 Å². The molecular formula is C46H62N6S. The monoisotopic (exact) mass is 730 g/mol. The summed E-state index contributed by atoms with van der Waals surface area (Å²) in [5.41, 5.74) is 15.5. The van der Waals surface area contributed by atoms with Crippen LogP contribution in [-0.2, 0) is 19.3 Å². The third-order valence-corrected chi connectivity index (χ3v) is 12.5. The quantitative estimate of drug-likeness (QED) is 0.164. The molecule has 6 rings (SSSR count). The van der Waals surface area contributed by atoms with Crippen molar-refractivity contribution in [2.45, 2.75) is 99.1 Å². The van der Waals surface area contributed by atoms with E-state index in [0.717, 1.165) is 91.5 Å². The van der Waals surface area contributed by atoms with Gasteiger partial charge in [0.1, 0.15) is 0 Å². The number of nitrogens with zero attached hydrogens (tertiary/aromatic N) is 5. The third kappa shape index (κ3) is 8.48. The maximum atomic E-state index is 4.84. The lowest BCUT2D eigenvalue weighted by Gasteiger charge is -2.47. The highest BCUT2D eigenvalue weighted by atomic mass is 32.1. The Balaban J connectivity index is 1.10. The Morgan fingerprint density at radius 1 is 1.06 bits per heavy atom. The van der Waals surface area contributed by atoms with E-state index in [2.05, 4.69) is 124 Å². The zero-order chi connectivity index (χ0) is 38.0. The van der Waals surface area contributed by atoms with Gasteiger partial charge in [-0.25, -0.2) is 4.98 Å². The van der Waals surface area contributed by atoms with Crippen LogP contribution in [0.2, 0.25) is 0 Å². The van der Waals surface area contributed by atoms with Crippen molar-refractivity contribution in [3.63, 3.8) is 0 Å². The number of amidine groups is 1. The second-order valence-electron chi connectivity index (χ2n) is 16.6. The van der Waals surface area contributed by atoms with Gasteiger partial charge < -0.3 is 10.2 Å². The van der Waals surface area contributed by atoms with Crippen LogP contribution in [0.4, 0.5) is 0 Å². The number of fused-ring (bicyclic) bond motifs is 3. The Labute approximate surface area is 324 Å². The molecule has 6 nitrogen and oxygen atoms in total. The van der Waals surface area contributed by atoms with Crippen molar-refractivity contribution in [1.82, 2.24) is 25.0 Å². The summed E-state index contributed by atoms with van der Waals surface area (Å²) < 4.78 is 0. The Hall–Kier alpha value is -3.78. The largest absolute Gasteiger partial charge is 0.343 e. The minimum absolute atomic E-state index is 0.120. The van der Waals surface area contributed by atoms with E-state index in [0.29, 0.717) is 18.6 Å². The van der Waals surface area contributed by atoms with Gasteiger partial charge in [0.05, 0.1) is 6.54 Å². The van der Waals surface area contributed by atoms with Crippen molar-refractivity contribution >= 4 is 22.9 Å². The average molecular weight is 731 g/mol. The highest BCUT2D eigenvalue weighted by Gasteiger charge is 2.38. The number of aryl methyl sites for hydroxylation is 2. The van der Waals surface area contributed by atoms with Gasteiger partial charge in [0, 0.05) is 73.0 Å². The molecule has 1 aromatic carbocycles. The predicted octanol–water partition coefficient (Wildman–Crippen LogP) is 9.50. The molecule has 1 saturated heterocycles. The Morgan fingerprint density at radius 3 is 2.51 bits per heavy atom. The van der Waals surface area contributed by atoms with Crippen LogP contribution in [0.1, 0.15) is 95.0 Å². The number of rotatable bonds is 13. The first-order chi connectivity index (χ1) is 25.3. The van der Waals surface area contributed by atoms with Gasteiger partial charge in [0.2, 0.25) is 0 Å². The van der Waals surface area contributed by atoms with Crippen molar-refractivity contribution in [2.75, 3.05) is 39.3 Å². The molecule has 5 heterocycles. The van der Waals surface area contributed by atoms with E-state index < -0.39 is 0 Å². The molecule has 2 aromatic rings. The second kappa shape index (κ2) is 16.3. The number of hydrogen-bond donors (Lipinski definition) is 1. The molecule has 53 heavy (non-hydrogen) atoms. The minimum Gasteiger partial charge on any atom is -0.343 e. The zero-order valence-electron chi connectivity index (χ0n) is 33.6. The Bertz CT molecular complexity index is 1880. The van der Waals surface area contributed by atoms with E-state index in [1.54, 1.807) is 11.3 Å². The summed E-state index contributed by atoms with van der Waals surface area (Å²) in [6.45, 7) is 39.1. The summed E-state index contributed by atoms with van der Waals surface area (Å²) in [6, 6.07) is 5.77. The fourth-order valence-corrected chi connectivity index (χ4v) is 9.06. The number of thiazole rings is 1. The molecule has 1 N–H and O–H groups in total. The number of aliphatic imine (C=N–C) groups is 1. The summed E-state index contributed by atoms with van der Waals surface area (Å²) in [4.78, 5) is 17.1. The van der Waals surface area contributed by atoms with Crippen molar-refractivity contribution in [2.24, 2.45) is 10.4 Å². The number of nitrogens with one attached hydrogen (secondary N) is 1. The van der Waals surface area contributed by atoms with Crippen molar-refractivity contribution in [3.8, 4) is 0 Å². The van der Waals surface area contributed by atoms with Gasteiger partial charge in [-0.1, -0.05) is 72.6 Å². The number of benzene rings is 1. The molecule has 0 radical (unpaired) electrons. The van der Waals surface area contributed by atoms with Gasteiger partial charge in [-0.3, -0.25) is 14.8 Å². The lowest BCUT2D eigenvalue weighted by atomic mass is 9.75. The normalized spacial score (nSPS) is 21.0. The molecule has 7 heteroatoms. The first-order valence-electron chi connectivity index (χ1n) is 19.7. The van der Waals surface area contributed by atoms with Crippen LogP contribution in [-0.4, -0.2) is 76.9 Å². The summed E-state index contributed by atoms with van der Waals surface area (Å²) in [5.74, 6) is 0.880. The molecule has 2 unspecified atom stereocenters. The molecule has 282 valence electrons. The molecule has 4 aliphatic rings. The van der Waals surface area contributed by atoms with E-state index in [9.17, 15) is 0 Å². The number of piperazine rings is 1. The first kappa shape index (κ1) is 38.9. The van der Waals surface area contributed by atoms with E-state index >= 15 is 0 Å². The maximum Gasteiger partial charge on any atom is 0.162 e. The van der Waals surface area contributed by atoms with E-state index in [-0.39, 0.29) is 5.41 Å². The molecule has 1 aromatic heterocycles. The lowest BCUT2D eigenvalue weighted by molar-refractivity contribution is 0.0959. The molecule has 0 amide bonds. The van der Waals surface area contributed by atoms with Crippen LogP contribution >= 0.6 is 11.3 Å². The van der Waals surface area contributed by atoms with E-state index in [1.165, 1.54) is 57.6 Å². The molecule has 0 saturated carbocycles. The molecule has 4 aliphatic heterocycles.